The molecule has 0 unspecified atom stereocenters. The predicted molar refractivity (Wildman–Crippen MR) is 102 cm³/mol. The molecule has 144 valence electrons. The van der Waals surface area contributed by atoms with E-state index in [1.807, 2.05) is 19.9 Å². The van der Waals surface area contributed by atoms with Crippen LogP contribution >= 0.6 is 0 Å². The highest BCUT2D eigenvalue weighted by Gasteiger charge is 2.25. The van der Waals surface area contributed by atoms with Gasteiger partial charge in [0.05, 0.1) is 12.3 Å². The van der Waals surface area contributed by atoms with Gasteiger partial charge in [-0.15, -0.1) is 0 Å². The molecule has 1 aliphatic heterocycles. The largest absolute Gasteiger partial charge is 0.476 e. The zero-order chi connectivity index (χ0) is 18.5. The summed E-state index contributed by atoms with van der Waals surface area (Å²) >= 11 is 0. The van der Waals surface area contributed by atoms with Crippen LogP contribution < -0.4 is 15.0 Å². The topological polar surface area (TPSA) is 74.7 Å². The Labute approximate surface area is 155 Å². The van der Waals surface area contributed by atoms with Gasteiger partial charge in [0, 0.05) is 25.7 Å². The van der Waals surface area contributed by atoms with Crippen molar-refractivity contribution in [2.24, 2.45) is 11.8 Å². The van der Waals surface area contributed by atoms with Gasteiger partial charge in [-0.25, -0.2) is 4.98 Å². The SMILES string of the molecule is C[C@H](CO)C[C@H](C)NC(=O)c1ccc(N2CCCC2)c(OCC2CC2)n1. The Balaban J connectivity index is 1.69. The lowest BCUT2D eigenvalue weighted by Gasteiger charge is -2.21. The number of aliphatic hydroxyl groups is 1. The average Bonchev–Trinajstić information content (AvgIpc) is 3.31. The van der Waals surface area contributed by atoms with Crippen LogP contribution in [0, 0.1) is 11.8 Å². The molecule has 0 bridgehead atoms. The molecule has 2 N–H and O–H groups in total. The van der Waals surface area contributed by atoms with Gasteiger partial charge in [0.25, 0.3) is 5.91 Å². The van der Waals surface area contributed by atoms with Crippen LogP contribution in [-0.2, 0) is 0 Å². The summed E-state index contributed by atoms with van der Waals surface area (Å²) in [5, 5.41) is 12.1. The number of aromatic nitrogens is 1. The van der Waals surface area contributed by atoms with Crippen molar-refractivity contribution in [2.75, 3.05) is 31.2 Å². The fourth-order valence-electron chi connectivity index (χ4n) is 3.38. The molecule has 1 aromatic rings. The van der Waals surface area contributed by atoms with Crippen LogP contribution in [0.4, 0.5) is 5.69 Å². The van der Waals surface area contributed by atoms with Gasteiger partial charge in [0.2, 0.25) is 5.88 Å². The maximum absolute atomic E-state index is 12.6. The van der Waals surface area contributed by atoms with Crippen molar-refractivity contribution >= 4 is 11.6 Å². The first kappa shape index (κ1) is 19.0. The number of hydrogen-bond acceptors (Lipinski definition) is 5. The summed E-state index contributed by atoms with van der Waals surface area (Å²) in [6.07, 6.45) is 5.55. The number of aliphatic hydroxyl groups excluding tert-OH is 1. The van der Waals surface area contributed by atoms with E-state index in [0.717, 1.165) is 25.2 Å². The van der Waals surface area contributed by atoms with E-state index in [1.54, 1.807) is 6.07 Å². The minimum atomic E-state index is -0.188. The van der Waals surface area contributed by atoms with Crippen LogP contribution in [0.2, 0.25) is 0 Å². The molecule has 2 heterocycles. The molecule has 2 fully saturated rings. The Kier molecular flexibility index (Phi) is 6.35. The molecule has 2 aliphatic rings. The Morgan fingerprint density at radius 2 is 2.08 bits per heavy atom. The van der Waals surface area contributed by atoms with Crippen molar-refractivity contribution in [1.29, 1.82) is 0 Å². The molecule has 6 nitrogen and oxygen atoms in total. The van der Waals surface area contributed by atoms with E-state index in [-0.39, 0.29) is 24.5 Å². The number of pyridine rings is 1. The highest BCUT2D eigenvalue weighted by atomic mass is 16.5. The quantitative estimate of drug-likeness (QED) is 0.707. The van der Waals surface area contributed by atoms with E-state index < -0.39 is 0 Å². The van der Waals surface area contributed by atoms with Gasteiger partial charge in [-0.1, -0.05) is 6.92 Å². The Morgan fingerprint density at radius 1 is 1.35 bits per heavy atom. The van der Waals surface area contributed by atoms with Crippen LogP contribution in [-0.4, -0.2) is 48.3 Å². The van der Waals surface area contributed by atoms with Crippen LogP contribution in [0.1, 0.15) is 56.4 Å². The van der Waals surface area contributed by atoms with Crippen LogP contribution in [0.5, 0.6) is 5.88 Å². The normalized spacial score (nSPS) is 19.3. The molecule has 0 radical (unpaired) electrons. The number of ether oxygens (including phenoxy) is 1. The van der Waals surface area contributed by atoms with E-state index in [1.165, 1.54) is 25.7 Å². The summed E-state index contributed by atoms with van der Waals surface area (Å²) in [7, 11) is 0. The van der Waals surface area contributed by atoms with Crippen LogP contribution in [0.15, 0.2) is 12.1 Å². The fourth-order valence-corrected chi connectivity index (χ4v) is 3.38. The first-order valence-electron chi connectivity index (χ1n) is 9.87. The van der Waals surface area contributed by atoms with Crippen molar-refractivity contribution in [2.45, 2.75) is 52.0 Å². The molecule has 1 aromatic heterocycles. The van der Waals surface area contributed by atoms with Crippen molar-refractivity contribution in [3.63, 3.8) is 0 Å². The number of carbonyl (C=O) groups excluding carboxylic acids is 1. The second-order valence-electron chi connectivity index (χ2n) is 7.87. The molecule has 0 spiro atoms. The lowest BCUT2D eigenvalue weighted by atomic mass is 10.0. The highest BCUT2D eigenvalue weighted by Crippen LogP contribution is 2.33. The lowest BCUT2D eigenvalue weighted by Crippen LogP contribution is -2.34. The summed E-state index contributed by atoms with van der Waals surface area (Å²) in [5.41, 5.74) is 1.39. The van der Waals surface area contributed by atoms with E-state index in [9.17, 15) is 4.79 Å². The summed E-state index contributed by atoms with van der Waals surface area (Å²) in [4.78, 5) is 19.4. The summed E-state index contributed by atoms with van der Waals surface area (Å²) in [6, 6.07) is 3.74. The van der Waals surface area contributed by atoms with Crippen molar-refractivity contribution in [3.8, 4) is 5.88 Å². The van der Waals surface area contributed by atoms with E-state index in [2.05, 4.69) is 15.2 Å². The van der Waals surface area contributed by atoms with Crippen LogP contribution in [0.25, 0.3) is 0 Å². The highest BCUT2D eigenvalue weighted by molar-refractivity contribution is 5.93. The summed E-state index contributed by atoms with van der Waals surface area (Å²) in [5.74, 6) is 1.20. The van der Waals surface area contributed by atoms with Crippen molar-refractivity contribution in [1.82, 2.24) is 10.3 Å². The van der Waals surface area contributed by atoms with Crippen molar-refractivity contribution in [3.05, 3.63) is 17.8 Å². The number of nitrogens with one attached hydrogen (secondary N) is 1. The minimum Gasteiger partial charge on any atom is -0.476 e. The third kappa shape index (κ3) is 5.10. The Bertz CT molecular complexity index is 612. The Morgan fingerprint density at radius 3 is 2.73 bits per heavy atom. The molecule has 2 atom stereocenters. The second-order valence-corrected chi connectivity index (χ2v) is 7.87. The lowest BCUT2D eigenvalue weighted by molar-refractivity contribution is 0.0925. The molecule has 3 rings (SSSR count). The number of carbonyl (C=O) groups is 1. The molecule has 1 amide bonds. The summed E-state index contributed by atoms with van der Waals surface area (Å²) in [6.45, 7) is 6.76. The van der Waals surface area contributed by atoms with Gasteiger partial charge in [0.1, 0.15) is 5.69 Å². The number of nitrogens with zero attached hydrogens (tertiary/aromatic N) is 2. The minimum absolute atomic E-state index is 0.0134. The van der Waals surface area contributed by atoms with Gasteiger partial charge < -0.3 is 20.1 Å². The predicted octanol–water partition coefficient (Wildman–Crippen LogP) is 2.61. The number of rotatable bonds is 9. The molecular weight excluding hydrogens is 330 g/mol. The van der Waals surface area contributed by atoms with E-state index in [4.69, 9.17) is 9.84 Å². The average molecular weight is 361 g/mol. The van der Waals surface area contributed by atoms with E-state index >= 15 is 0 Å². The van der Waals surface area contributed by atoms with Gasteiger partial charge in [0.15, 0.2) is 0 Å². The standard InChI is InChI=1S/C20H31N3O3/c1-14(12-24)11-15(2)21-19(25)17-7-8-18(23-9-3-4-10-23)20(22-17)26-13-16-5-6-16/h7-8,14-16,24H,3-6,9-13H2,1-2H3,(H,21,25)/t14-,15-/m0/s1. The van der Waals surface area contributed by atoms with Gasteiger partial charge in [-0.3, -0.25) is 4.79 Å². The number of amides is 1. The van der Waals surface area contributed by atoms with Crippen molar-refractivity contribution < 1.29 is 14.6 Å². The molecule has 0 aromatic carbocycles. The monoisotopic (exact) mass is 361 g/mol. The first-order chi connectivity index (χ1) is 12.6. The molecule has 1 saturated heterocycles. The van der Waals surface area contributed by atoms with Gasteiger partial charge in [-0.05, 0) is 63.0 Å². The third-order valence-electron chi connectivity index (χ3n) is 5.12. The maximum atomic E-state index is 12.6. The zero-order valence-electron chi connectivity index (χ0n) is 15.9. The van der Waals surface area contributed by atoms with Gasteiger partial charge >= 0.3 is 0 Å². The second kappa shape index (κ2) is 8.71. The smallest absolute Gasteiger partial charge is 0.270 e. The molecule has 6 heteroatoms. The Hall–Kier alpha value is -1.82. The fraction of sp³-hybridized carbons (Fsp3) is 0.700. The number of anilines is 1. The zero-order valence-corrected chi connectivity index (χ0v) is 15.9. The molecule has 26 heavy (non-hydrogen) atoms. The van der Waals surface area contributed by atoms with Crippen LogP contribution in [0.3, 0.4) is 0 Å². The van der Waals surface area contributed by atoms with Gasteiger partial charge in [-0.2, -0.15) is 0 Å². The summed E-state index contributed by atoms with van der Waals surface area (Å²) < 4.78 is 5.99. The molecular formula is C20H31N3O3. The number of hydrogen-bond donors (Lipinski definition) is 2. The molecule has 1 saturated carbocycles. The maximum Gasteiger partial charge on any atom is 0.270 e. The first-order valence-corrected chi connectivity index (χ1v) is 9.87. The molecule has 1 aliphatic carbocycles. The van der Waals surface area contributed by atoms with E-state index in [0.29, 0.717) is 24.1 Å². The third-order valence-corrected chi connectivity index (χ3v) is 5.12.